The summed E-state index contributed by atoms with van der Waals surface area (Å²) in [5, 5.41) is 22.9. The van der Waals surface area contributed by atoms with E-state index >= 15 is 0 Å². The van der Waals surface area contributed by atoms with E-state index in [1.54, 1.807) is 6.08 Å². The Morgan fingerprint density at radius 2 is 0.825 bits per heavy atom. The molecule has 0 saturated carbocycles. The third-order valence-electron chi connectivity index (χ3n) is 11.5. The number of ether oxygens (including phenoxy) is 1. The normalized spacial score (nSPS) is 12.8. The quantitative estimate of drug-likeness (QED) is 0.0324. The van der Waals surface area contributed by atoms with Gasteiger partial charge in [0.25, 0.3) is 0 Å². The van der Waals surface area contributed by atoms with Gasteiger partial charge in [0.05, 0.1) is 25.4 Å². The predicted octanol–water partition coefficient (Wildman–Crippen LogP) is 14.7. The number of hydrogen-bond acceptors (Lipinski definition) is 5. The lowest BCUT2D eigenvalue weighted by atomic mass is 10.1. The van der Waals surface area contributed by atoms with Crippen LogP contribution in [0.1, 0.15) is 264 Å². The van der Waals surface area contributed by atoms with Crippen LogP contribution in [-0.2, 0) is 14.3 Å². The van der Waals surface area contributed by atoms with Crippen LogP contribution in [0.5, 0.6) is 0 Å². The number of nitrogens with one attached hydrogen (secondary N) is 1. The Balaban J connectivity index is 3.45. The molecular formula is C51H97NO5. The van der Waals surface area contributed by atoms with Crippen molar-refractivity contribution < 1.29 is 24.5 Å². The van der Waals surface area contributed by atoms with Crippen LogP contribution in [0.15, 0.2) is 24.3 Å². The fraction of sp³-hybridized carbons (Fsp3) is 0.882. The van der Waals surface area contributed by atoms with Gasteiger partial charge in [-0.05, 0) is 57.8 Å². The van der Waals surface area contributed by atoms with E-state index < -0.39 is 12.1 Å². The number of carbonyl (C=O) groups is 2. The van der Waals surface area contributed by atoms with E-state index in [0.717, 1.165) is 51.4 Å². The zero-order chi connectivity index (χ0) is 41.5. The Labute approximate surface area is 354 Å². The highest BCUT2D eigenvalue weighted by Gasteiger charge is 2.18. The monoisotopic (exact) mass is 804 g/mol. The average molecular weight is 804 g/mol. The molecule has 0 spiro atoms. The molecule has 0 bridgehead atoms. The van der Waals surface area contributed by atoms with Gasteiger partial charge in [-0.15, -0.1) is 0 Å². The molecule has 1 amide bonds. The molecule has 0 saturated heterocycles. The van der Waals surface area contributed by atoms with Crippen molar-refractivity contribution in [2.75, 3.05) is 13.2 Å². The first-order valence-electron chi connectivity index (χ1n) is 25.1. The SMILES string of the molecule is CCCCCCCCCC/C=C/C(O)C(CO)NC(=O)CCCCCCCCC/C=C\CCCCCCCCCCOC(=O)CCCCCCCCCCCCC. The molecule has 57 heavy (non-hydrogen) atoms. The summed E-state index contributed by atoms with van der Waals surface area (Å²) < 4.78 is 5.45. The molecule has 6 nitrogen and oxygen atoms in total. The van der Waals surface area contributed by atoms with Gasteiger partial charge in [0, 0.05) is 12.8 Å². The zero-order valence-corrected chi connectivity index (χ0v) is 38.1. The summed E-state index contributed by atoms with van der Waals surface area (Å²) in [6.45, 7) is 4.86. The smallest absolute Gasteiger partial charge is 0.305 e. The molecule has 0 rings (SSSR count). The van der Waals surface area contributed by atoms with Gasteiger partial charge < -0.3 is 20.3 Å². The third-order valence-corrected chi connectivity index (χ3v) is 11.5. The number of rotatable bonds is 46. The fourth-order valence-electron chi connectivity index (χ4n) is 7.57. The molecule has 0 heterocycles. The first kappa shape index (κ1) is 55.3. The summed E-state index contributed by atoms with van der Waals surface area (Å²) in [5.41, 5.74) is 0. The number of hydrogen-bond donors (Lipinski definition) is 3. The van der Waals surface area contributed by atoms with E-state index in [9.17, 15) is 19.8 Å². The lowest BCUT2D eigenvalue weighted by Gasteiger charge is -2.20. The molecule has 0 aromatic rings. The van der Waals surface area contributed by atoms with E-state index in [-0.39, 0.29) is 18.5 Å². The average Bonchev–Trinajstić information content (AvgIpc) is 3.21. The second kappa shape index (κ2) is 47.0. The van der Waals surface area contributed by atoms with E-state index in [1.165, 1.54) is 186 Å². The molecule has 0 aromatic carbocycles. The summed E-state index contributed by atoms with van der Waals surface area (Å²) in [6.07, 6.45) is 54.7. The summed E-state index contributed by atoms with van der Waals surface area (Å²) >= 11 is 0. The molecule has 0 aromatic heterocycles. The lowest BCUT2D eigenvalue weighted by molar-refractivity contribution is -0.143. The molecule has 2 unspecified atom stereocenters. The minimum absolute atomic E-state index is 0.00221. The van der Waals surface area contributed by atoms with E-state index in [4.69, 9.17) is 4.74 Å². The largest absolute Gasteiger partial charge is 0.466 e. The van der Waals surface area contributed by atoms with Crippen molar-refractivity contribution >= 4 is 11.9 Å². The second-order valence-corrected chi connectivity index (χ2v) is 17.1. The minimum Gasteiger partial charge on any atom is -0.466 e. The molecule has 0 fully saturated rings. The number of esters is 1. The maximum atomic E-state index is 12.4. The lowest BCUT2D eigenvalue weighted by Crippen LogP contribution is -2.45. The maximum absolute atomic E-state index is 12.4. The van der Waals surface area contributed by atoms with Crippen molar-refractivity contribution in [1.82, 2.24) is 5.32 Å². The Morgan fingerprint density at radius 1 is 0.474 bits per heavy atom. The van der Waals surface area contributed by atoms with Gasteiger partial charge in [0.1, 0.15) is 0 Å². The highest BCUT2D eigenvalue weighted by molar-refractivity contribution is 5.76. The van der Waals surface area contributed by atoms with Crippen LogP contribution in [0.2, 0.25) is 0 Å². The summed E-state index contributed by atoms with van der Waals surface area (Å²) in [5.74, 6) is -0.0778. The van der Waals surface area contributed by atoms with Crippen molar-refractivity contribution in [1.29, 1.82) is 0 Å². The van der Waals surface area contributed by atoms with Crippen LogP contribution in [-0.4, -0.2) is 47.4 Å². The van der Waals surface area contributed by atoms with Crippen molar-refractivity contribution in [2.24, 2.45) is 0 Å². The standard InChI is InChI=1S/C51H97NO5/c1-3-5-7-9-11-13-24-29-33-37-41-45-51(56)57-46-42-38-34-30-26-23-21-19-17-15-16-18-20-22-25-28-32-36-40-44-50(55)52-48(47-53)49(54)43-39-35-31-27-14-12-10-8-6-4-2/h15-16,39,43,48-49,53-54H,3-14,17-38,40-42,44-47H2,1-2H3,(H,52,55)/b16-15-,43-39+. The number of unbranched alkanes of at least 4 members (excludes halogenated alkanes) is 33. The van der Waals surface area contributed by atoms with Gasteiger partial charge in [-0.2, -0.15) is 0 Å². The second-order valence-electron chi connectivity index (χ2n) is 17.1. The topological polar surface area (TPSA) is 95.9 Å². The van der Waals surface area contributed by atoms with Crippen LogP contribution in [0.25, 0.3) is 0 Å². The molecule has 6 heteroatoms. The van der Waals surface area contributed by atoms with Gasteiger partial charge >= 0.3 is 5.97 Å². The van der Waals surface area contributed by atoms with E-state index in [2.05, 4.69) is 31.3 Å². The Hall–Kier alpha value is -1.66. The Bertz CT molecular complexity index is 889. The number of aliphatic hydroxyl groups excluding tert-OH is 2. The third kappa shape index (κ3) is 43.7. The highest BCUT2D eigenvalue weighted by atomic mass is 16.5. The first-order chi connectivity index (χ1) is 28.0. The van der Waals surface area contributed by atoms with Gasteiger partial charge in [0.2, 0.25) is 5.91 Å². The van der Waals surface area contributed by atoms with Crippen molar-refractivity contribution in [3.8, 4) is 0 Å². The van der Waals surface area contributed by atoms with Crippen LogP contribution in [0, 0.1) is 0 Å². The number of amides is 1. The molecule has 336 valence electrons. The minimum atomic E-state index is -0.848. The molecule has 0 aliphatic rings. The summed E-state index contributed by atoms with van der Waals surface area (Å²) in [6, 6.07) is -0.632. The summed E-state index contributed by atoms with van der Waals surface area (Å²) in [4.78, 5) is 24.3. The Morgan fingerprint density at radius 3 is 1.25 bits per heavy atom. The predicted molar refractivity (Wildman–Crippen MR) is 246 cm³/mol. The molecule has 0 aliphatic carbocycles. The van der Waals surface area contributed by atoms with E-state index in [1.807, 2.05) is 6.08 Å². The zero-order valence-electron chi connectivity index (χ0n) is 38.1. The van der Waals surface area contributed by atoms with E-state index in [0.29, 0.717) is 19.4 Å². The van der Waals surface area contributed by atoms with Gasteiger partial charge in [0.15, 0.2) is 0 Å². The van der Waals surface area contributed by atoms with Crippen LogP contribution >= 0.6 is 0 Å². The van der Waals surface area contributed by atoms with Gasteiger partial charge in [-0.25, -0.2) is 0 Å². The summed E-state index contributed by atoms with van der Waals surface area (Å²) in [7, 11) is 0. The molecule has 2 atom stereocenters. The number of carbonyl (C=O) groups excluding carboxylic acids is 2. The maximum Gasteiger partial charge on any atom is 0.305 e. The fourth-order valence-corrected chi connectivity index (χ4v) is 7.57. The molecule has 0 aliphatic heterocycles. The van der Waals surface area contributed by atoms with Crippen molar-refractivity contribution in [2.45, 2.75) is 276 Å². The van der Waals surface area contributed by atoms with Gasteiger partial charge in [-0.1, -0.05) is 218 Å². The van der Waals surface area contributed by atoms with Crippen molar-refractivity contribution in [3.63, 3.8) is 0 Å². The number of aliphatic hydroxyl groups is 2. The van der Waals surface area contributed by atoms with Crippen LogP contribution in [0.4, 0.5) is 0 Å². The van der Waals surface area contributed by atoms with Crippen LogP contribution in [0.3, 0.4) is 0 Å². The van der Waals surface area contributed by atoms with Crippen LogP contribution < -0.4 is 5.32 Å². The Kier molecular flexibility index (Phi) is 45.7. The van der Waals surface area contributed by atoms with Crippen molar-refractivity contribution in [3.05, 3.63) is 24.3 Å². The first-order valence-corrected chi connectivity index (χ1v) is 25.1. The molecule has 0 radical (unpaired) electrons. The number of allylic oxidation sites excluding steroid dienone is 3. The molecule has 3 N–H and O–H groups in total. The van der Waals surface area contributed by atoms with Gasteiger partial charge in [-0.3, -0.25) is 9.59 Å². The highest BCUT2D eigenvalue weighted by Crippen LogP contribution is 2.15. The molecular weight excluding hydrogens is 707 g/mol.